The molecule has 88 valence electrons. The van der Waals surface area contributed by atoms with E-state index in [0.717, 1.165) is 16.9 Å². The predicted octanol–water partition coefficient (Wildman–Crippen LogP) is 3.01. The first-order valence-corrected chi connectivity index (χ1v) is 5.38. The third-order valence-corrected chi connectivity index (χ3v) is 2.75. The number of hydrogen-bond donors (Lipinski definition) is 1. The second kappa shape index (κ2) is 5.01. The van der Waals surface area contributed by atoms with Gasteiger partial charge in [-0.15, -0.1) is 0 Å². The van der Waals surface area contributed by atoms with Crippen molar-refractivity contribution in [3.8, 4) is 5.75 Å². The Kier molecular flexibility index (Phi) is 3.93. The molecule has 3 heteroatoms. The zero-order valence-corrected chi connectivity index (χ0v) is 10.2. The van der Waals surface area contributed by atoms with Gasteiger partial charge in [0, 0.05) is 0 Å². The zero-order chi connectivity index (χ0) is 12.3. The van der Waals surface area contributed by atoms with Crippen molar-refractivity contribution in [3.63, 3.8) is 0 Å². The average molecular weight is 222 g/mol. The minimum absolute atomic E-state index is 0.316. The van der Waals surface area contributed by atoms with Crippen molar-refractivity contribution in [2.45, 2.75) is 32.6 Å². The van der Waals surface area contributed by atoms with Gasteiger partial charge < -0.3 is 9.84 Å². The Morgan fingerprint density at radius 2 is 1.94 bits per heavy atom. The fourth-order valence-electron chi connectivity index (χ4n) is 1.62. The third-order valence-electron chi connectivity index (χ3n) is 2.75. The second-order valence-electron chi connectivity index (χ2n) is 4.22. The molecular weight excluding hydrogens is 204 g/mol. The first-order valence-electron chi connectivity index (χ1n) is 5.38. The number of aliphatic carboxylic acids is 1. The van der Waals surface area contributed by atoms with Gasteiger partial charge >= 0.3 is 5.97 Å². The number of rotatable bonds is 4. The lowest BCUT2D eigenvalue weighted by atomic mass is 9.94. The van der Waals surface area contributed by atoms with E-state index in [-0.39, 0.29) is 0 Å². The van der Waals surface area contributed by atoms with Crippen LogP contribution in [0, 0.1) is 0 Å². The summed E-state index contributed by atoms with van der Waals surface area (Å²) in [7, 11) is 1.63. The molecule has 0 aromatic heterocycles. The van der Waals surface area contributed by atoms with Gasteiger partial charge in [0.1, 0.15) is 5.75 Å². The molecule has 0 aliphatic rings. The quantitative estimate of drug-likeness (QED) is 0.851. The molecule has 0 aliphatic heterocycles. The summed E-state index contributed by atoms with van der Waals surface area (Å²) >= 11 is 0. The first-order chi connectivity index (χ1) is 7.47. The van der Waals surface area contributed by atoms with E-state index in [1.54, 1.807) is 14.0 Å². The maximum atomic E-state index is 10.9. The van der Waals surface area contributed by atoms with E-state index in [1.165, 1.54) is 0 Å². The Hall–Kier alpha value is -1.51. The Morgan fingerprint density at radius 1 is 1.31 bits per heavy atom. The summed E-state index contributed by atoms with van der Waals surface area (Å²) in [5.74, 6) is -0.157. The highest BCUT2D eigenvalue weighted by atomic mass is 16.5. The monoisotopic (exact) mass is 222 g/mol. The summed E-state index contributed by atoms with van der Waals surface area (Å²) in [6, 6.07) is 5.57. The lowest BCUT2D eigenvalue weighted by molar-refractivity contribution is -0.138. The molecule has 0 bridgehead atoms. The number of methoxy groups -OCH3 is 1. The van der Waals surface area contributed by atoms with E-state index in [9.17, 15) is 4.79 Å². The fourth-order valence-corrected chi connectivity index (χ4v) is 1.62. The van der Waals surface area contributed by atoms with Crippen LogP contribution in [0.3, 0.4) is 0 Å². The molecule has 0 radical (unpaired) electrons. The van der Waals surface area contributed by atoms with Crippen molar-refractivity contribution in [1.82, 2.24) is 0 Å². The van der Waals surface area contributed by atoms with E-state index >= 15 is 0 Å². The highest BCUT2D eigenvalue weighted by Gasteiger charge is 2.16. The number of hydrogen-bond acceptors (Lipinski definition) is 2. The van der Waals surface area contributed by atoms with Crippen LogP contribution in [0.15, 0.2) is 18.2 Å². The second-order valence-corrected chi connectivity index (χ2v) is 4.22. The van der Waals surface area contributed by atoms with E-state index in [4.69, 9.17) is 9.84 Å². The van der Waals surface area contributed by atoms with Crippen LogP contribution < -0.4 is 4.74 Å². The van der Waals surface area contributed by atoms with Gasteiger partial charge in [-0.1, -0.05) is 26.0 Å². The maximum absolute atomic E-state index is 10.9. The number of benzene rings is 1. The molecule has 0 saturated heterocycles. The van der Waals surface area contributed by atoms with Gasteiger partial charge in [-0.05, 0) is 30.0 Å². The standard InChI is InChI=1S/C13H18O3/c1-8(2)11-7-10(9(3)13(14)15)5-6-12(11)16-4/h5-9H,1-4H3,(H,14,15). The van der Waals surface area contributed by atoms with Crippen LogP contribution >= 0.6 is 0 Å². The average Bonchev–Trinajstić information content (AvgIpc) is 2.26. The number of carbonyl (C=O) groups is 1. The molecule has 1 aromatic carbocycles. The van der Waals surface area contributed by atoms with Crippen molar-refractivity contribution >= 4 is 5.97 Å². The minimum atomic E-state index is -0.806. The first kappa shape index (κ1) is 12.6. The van der Waals surface area contributed by atoms with Crippen LogP contribution in [0.2, 0.25) is 0 Å². The highest BCUT2D eigenvalue weighted by molar-refractivity contribution is 5.75. The van der Waals surface area contributed by atoms with Gasteiger partial charge in [0.25, 0.3) is 0 Å². The summed E-state index contributed by atoms with van der Waals surface area (Å²) in [5.41, 5.74) is 1.87. The Bertz CT molecular complexity index is 383. The number of carboxylic acids is 1. The van der Waals surface area contributed by atoms with Gasteiger partial charge in [0.15, 0.2) is 0 Å². The van der Waals surface area contributed by atoms with Gasteiger partial charge in [-0.2, -0.15) is 0 Å². The van der Waals surface area contributed by atoms with E-state index in [0.29, 0.717) is 5.92 Å². The topological polar surface area (TPSA) is 46.5 Å². The molecule has 16 heavy (non-hydrogen) atoms. The van der Waals surface area contributed by atoms with E-state index in [1.807, 2.05) is 18.2 Å². The highest BCUT2D eigenvalue weighted by Crippen LogP contribution is 2.29. The molecule has 0 heterocycles. The Labute approximate surface area is 96.1 Å². The molecule has 0 saturated carbocycles. The van der Waals surface area contributed by atoms with Crippen LogP contribution in [0.5, 0.6) is 5.75 Å². The lowest BCUT2D eigenvalue weighted by Crippen LogP contribution is -2.08. The largest absolute Gasteiger partial charge is 0.496 e. The Balaban J connectivity index is 3.16. The van der Waals surface area contributed by atoms with E-state index in [2.05, 4.69) is 13.8 Å². The molecule has 1 unspecified atom stereocenters. The summed E-state index contributed by atoms with van der Waals surface area (Å²) in [4.78, 5) is 10.9. The van der Waals surface area contributed by atoms with Crippen LogP contribution in [-0.4, -0.2) is 18.2 Å². The molecule has 1 atom stereocenters. The van der Waals surface area contributed by atoms with Gasteiger partial charge in [0.2, 0.25) is 0 Å². The van der Waals surface area contributed by atoms with Crippen LogP contribution in [0.4, 0.5) is 0 Å². The third kappa shape index (κ3) is 2.54. The van der Waals surface area contributed by atoms with Crippen molar-refractivity contribution in [1.29, 1.82) is 0 Å². The SMILES string of the molecule is COc1ccc(C(C)C(=O)O)cc1C(C)C. The fraction of sp³-hybridized carbons (Fsp3) is 0.462. The number of carboxylic acid groups (broad SMARTS) is 1. The Morgan fingerprint density at radius 3 is 2.38 bits per heavy atom. The molecule has 0 aliphatic carbocycles. The molecule has 3 nitrogen and oxygen atoms in total. The molecule has 1 rings (SSSR count). The smallest absolute Gasteiger partial charge is 0.310 e. The molecule has 1 aromatic rings. The summed E-state index contributed by atoms with van der Waals surface area (Å²) in [6.07, 6.45) is 0. The van der Waals surface area contributed by atoms with E-state index < -0.39 is 11.9 Å². The zero-order valence-electron chi connectivity index (χ0n) is 10.2. The maximum Gasteiger partial charge on any atom is 0.310 e. The van der Waals surface area contributed by atoms with Gasteiger partial charge in [0.05, 0.1) is 13.0 Å². The molecular formula is C13H18O3. The predicted molar refractivity (Wildman–Crippen MR) is 63.1 cm³/mol. The summed E-state index contributed by atoms with van der Waals surface area (Å²) in [5, 5.41) is 8.96. The van der Waals surface area contributed by atoms with Crippen molar-refractivity contribution in [2.75, 3.05) is 7.11 Å². The molecule has 0 amide bonds. The van der Waals surface area contributed by atoms with Gasteiger partial charge in [-0.25, -0.2) is 0 Å². The van der Waals surface area contributed by atoms with Crippen molar-refractivity contribution < 1.29 is 14.6 Å². The van der Waals surface area contributed by atoms with Gasteiger partial charge in [-0.3, -0.25) is 4.79 Å². The molecule has 1 N–H and O–H groups in total. The number of ether oxygens (including phenoxy) is 1. The minimum Gasteiger partial charge on any atom is -0.496 e. The normalized spacial score (nSPS) is 12.6. The summed E-state index contributed by atoms with van der Waals surface area (Å²) in [6.45, 7) is 5.81. The van der Waals surface area contributed by atoms with Crippen LogP contribution in [-0.2, 0) is 4.79 Å². The summed E-state index contributed by atoms with van der Waals surface area (Å²) < 4.78 is 5.25. The molecule has 0 fully saturated rings. The van der Waals surface area contributed by atoms with Crippen LogP contribution in [0.1, 0.15) is 43.7 Å². The molecule has 0 spiro atoms. The van der Waals surface area contributed by atoms with Crippen molar-refractivity contribution in [3.05, 3.63) is 29.3 Å². The van der Waals surface area contributed by atoms with Crippen molar-refractivity contribution in [2.24, 2.45) is 0 Å². The lowest BCUT2D eigenvalue weighted by Gasteiger charge is -2.15. The van der Waals surface area contributed by atoms with Crippen LogP contribution in [0.25, 0.3) is 0 Å².